The third-order valence-corrected chi connectivity index (χ3v) is 6.22. The van der Waals surface area contributed by atoms with Crippen LogP contribution in [0.2, 0.25) is 0 Å². The van der Waals surface area contributed by atoms with Gasteiger partial charge in [0.1, 0.15) is 12.1 Å². The molecule has 3 heterocycles. The molecule has 148 valence electrons. The number of thiophene rings is 1. The molecule has 28 heavy (non-hydrogen) atoms. The van der Waals surface area contributed by atoms with E-state index in [0.29, 0.717) is 12.2 Å². The van der Waals surface area contributed by atoms with Crippen molar-refractivity contribution in [1.82, 2.24) is 20.4 Å². The molecular formula is C18H20N4O5S. The van der Waals surface area contributed by atoms with Gasteiger partial charge in [0.2, 0.25) is 5.82 Å². The first-order chi connectivity index (χ1) is 13.5. The fraction of sp³-hybridized carbons (Fsp3) is 0.500. The second-order valence-electron chi connectivity index (χ2n) is 7.09. The molecule has 4 rings (SSSR count). The predicted molar refractivity (Wildman–Crippen MR) is 98.0 cm³/mol. The molecule has 2 aromatic rings. The number of nitrogens with zero attached hydrogens (tertiary/aromatic N) is 3. The van der Waals surface area contributed by atoms with Crippen molar-refractivity contribution in [3.8, 4) is 10.7 Å². The van der Waals surface area contributed by atoms with Crippen LogP contribution in [0.5, 0.6) is 0 Å². The van der Waals surface area contributed by atoms with E-state index in [9.17, 15) is 14.4 Å². The molecule has 0 aromatic carbocycles. The van der Waals surface area contributed by atoms with Crippen LogP contribution < -0.4 is 5.32 Å². The molecule has 1 aliphatic carbocycles. The van der Waals surface area contributed by atoms with E-state index >= 15 is 0 Å². The zero-order valence-electron chi connectivity index (χ0n) is 15.3. The molecule has 2 fully saturated rings. The number of ether oxygens (including phenoxy) is 1. The number of amides is 3. The summed E-state index contributed by atoms with van der Waals surface area (Å²) in [7, 11) is 0. The summed E-state index contributed by atoms with van der Waals surface area (Å²) in [6.07, 6.45) is 3.37. The van der Waals surface area contributed by atoms with Gasteiger partial charge >= 0.3 is 12.0 Å². The average Bonchev–Trinajstić information content (AvgIpc) is 3.40. The molecule has 10 heteroatoms. The second-order valence-corrected chi connectivity index (χ2v) is 8.04. The highest BCUT2D eigenvalue weighted by Gasteiger charge is 2.55. The SMILES string of the molecule is C[C@H]1CCCC[C@@]12NC(=O)N(CC(=O)OCc1nc(-c3cccs3)no1)C2=O. The lowest BCUT2D eigenvalue weighted by Crippen LogP contribution is -2.54. The maximum atomic E-state index is 12.8. The highest BCUT2D eigenvalue weighted by Crippen LogP contribution is 2.38. The number of carbonyl (C=O) groups excluding carboxylic acids is 3. The van der Waals surface area contributed by atoms with Gasteiger partial charge in [0, 0.05) is 0 Å². The van der Waals surface area contributed by atoms with Crippen LogP contribution in [0.4, 0.5) is 4.79 Å². The Morgan fingerprint density at radius 2 is 2.32 bits per heavy atom. The molecule has 1 saturated carbocycles. The van der Waals surface area contributed by atoms with Crippen molar-refractivity contribution in [3.05, 3.63) is 23.4 Å². The highest BCUT2D eigenvalue weighted by atomic mass is 32.1. The molecule has 0 bridgehead atoms. The van der Waals surface area contributed by atoms with E-state index in [1.165, 1.54) is 11.3 Å². The first-order valence-corrected chi connectivity index (χ1v) is 10.0. The van der Waals surface area contributed by atoms with Crippen molar-refractivity contribution >= 4 is 29.2 Å². The number of esters is 1. The first kappa shape index (κ1) is 18.6. The van der Waals surface area contributed by atoms with Crippen molar-refractivity contribution < 1.29 is 23.6 Å². The molecule has 0 radical (unpaired) electrons. The second kappa shape index (κ2) is 7.34. The number of hydrogen-bond acceptors (Lipinski definition) is 8. The molecule has 0 unspecified atom stereocenters. The summed E-state index contributed by atoms with van der Waals surface area (Å²) in [4.78, 5) is 43.2. The maximum absolute atomic E-state index is 12.8. The summed E-state index contributed by atoms with van der Waals surface area (Å²) < 4.78 is 10.2. The molecule has 1 spiro atoms. The van der Waals surface area contributed by atoms with Crippen LogP contribution in [-0.4, -0.2) is 45.0 Å². The quantitative estimate of drug-likeness (QED) is 0.601. The zero-order valence-corrected chi connectivity index (χ0v) is 16.2. The van der Waals surface area contributed by atoms with Crippen LogP contribution in [0.15, 0.2) is 22.0 Å². The number of aromatic nitrogens is 2. The Bertz CT molecular complexity index is 896. The van der Waals surface area contributed by atoms with Gasteiger partial charge in [-0.2, -0.15) is 4.98 Å². The summed E-state index contributed by atoms with van der Waals surface area (Å²) in [5.74, 6) is -0.457. The summed E-state index contributed by atoms with van der Waals surface area (Å²) in [6, 6.07) is 3.17. The number of rotatable bonds is 5. The number of nitrogens with one attached hydrogen (secondary N) is 1. The van der Waals surface area contributed by atoms with E-state index in [-0.39, 0.29) is 24.3 Å². The molecule has 2 aromatic heterocycles. The normalized spacial score (nSPS) is 24.6. The van der Waals surface area contributed by atoms with Crippen LogP contribution in [0.1, 0.15) is 38.5 Å². The van der Waals surface area contributed by atoms with Crippen LogP contribution >= 0.6 is 11.3 Å². The van der Waals surface area contributed by atoms with E-state index in [2.05, 4.69) is 15.5 Å². The largest absolute Gasteiger partial charge is 0.454 e. The highest BCUT2D eigenvalue weighted by molar-refractivity contribution is 7.13. The Kier molecular flexibility index (Phi) is 4.88. The lowest BCUT2D eigenvalue weighted by molar-refractivity contribution is -0.150. The van der Waals surface area contributed by atoms with Gasteiger partial charge in [0.25, 0.3) is 11.8 Å². The van der Waals surface area contributed by atoms with Gasteiger partial charge in [0.05, 0.1) is 4.88 Å². The third-order valence-electron chi connectivity index (χ3n) is 5.35. The van der Waals surface area contributed by atoms with E-state index in [1.54, 1.807) is 0 Å². The van der Waals surface area contributed by atoms with E-state index in [0.717, 1.165) is 29.0 Å². The molecule has 1 aliphatic heterocycles. The molecule has 3 amide bonds. The number of imide groups is 1. The lowest BCUT2D eigenvalue weighted by Gasteiger charge is -2.36. The van der Waals surface area contributed by atoms with Gasteiger partial charge in [-0.25, -0.2) is 4.79 Å². The van der Waals surface area contributed by atoms with Crippen molar-refractivity contribution in [3.63, 3.8) is 0 Å². The standard InChI is InChI=1S/C18H20N4O5S/c1-11-5-2-3-7-18(11)16(24)22(17(25)20-18)9-14(23)26-10-13-19-15(21-27-13)12-6-4-8-28-12/h4,6,8,11H,2-3,5,7,9-10H2,1H3,(H,20,25)/t11-,18+/m0/s1. The first-order valence-electron chi connectivity index (χ1n) is 9.16. The Morgan fingerprint density at radius 3 is 3.07 bits per heavy atom. The van der Waals surface area contributed by atoms with Gasteiger partial charge in [-0.1, -0.05) is 31.0 Å². The molecule has 9 nitrogen and oxygen atoms in total. The van der Waals surface area contributed by atoms with Crippen molar-refractivity contribution in [2.24, 2.45) is 5.92 Å². The molecular weight excluding hydrogens is 384 g/mol. The Morgan fingerprint density at radius 1 is 1.46 bits per heavy atom. The van der Waals surface area contributed by atoms with E-state index in [1.807, 2.05) is 24.4 Å². The Labute approximate surface area is 165 Å². The van der Waals surface area contributed by atoms with Crippen molar-refractivity contribution in [2.45, 2.75) is 44.8 Å². The maximum Gasteiger partial charge on any atom is 0.326 e. The minimum Gasteiger partial charge on any atom is -0.454 e. The molecule has 1 N–H and O–H groups in total. The van der Waals surface area contributed by atoms with Gasteiger partial charge in [0.15, 0.2) is 6.61 Å². The van der Waals surface area contributed by atoms with Crippen LogP contribution in [0, 0.1) is 5.92 Å². The summed E-state index contributed by atoms with van der Waals surface area (Å²) in [5.41, 5.74) is -0.891. The smallest absolute Gasteiger partial charge is 0.326 e. The molecule has 2 aliphatic rings. The lowest BCUT2D eigenvalue weighted by atomic mass is 9.73. The third kappa shape index (κ3) is 3.28. The number of hydrogen-bond donors (Lipinski definition) is 1. The summed E-state index contributed by atoms with van der Waals surface area (Å²) in [5, 5.41) is 8.53. The topological polar surface area (TPSA) is 115 Å². The predicted octanol–water partition coefficient (Wildman–Crippen LogP) is 2.34. The average molecular weight is 404 g/mol. The van der Waals surface area contributed by atoms with E-state index in [4.69, 9.17) is 9.26 Å². The van der Waals surface area contributed by atoms with Gasteiger partial charge in [-0.05, 0) is 30.2 Å². The summed E-state index contributed by atoms with van der Waals surface area (Å²) >= 11 is 1.46. The monoisotopic (exact) mass is 404 g/mol. The fourth-order valence-electron chi connectivity index (χ4n) is 3.78. The zero-order chi connectivity index (χ0) is 19.7. The van der Waals surface area contributed by atoms with Crippen molar-refractivity contribution in [1.29, 1.82) is 0 Å². The van der Waals surface area contributed by atoms with Crippen LogP contribution in [0.25, 0.3) is 10.7 Å². The van der Waals surface area contributed by atoms with Gasteiger partial charge in [-0.15, -0.1) is 11.3 Å². The van der Waals surface area contributed by atoms with Crippen LogP contribution in [0.3, 0.4) is 0 Å². The fourth-order valence-corrected chi connectivity index (χ4v) is 4.42. The van der Waals surface area contributed by atoms with E-state index < -0.39 is 24.1 Å². The minimum atomic E-state index is -0.891. The van der Waals surface area contributed by atoms with Crippen molar-refractivity contribution in [2.75, 3.05) is 6.54 Å². The Hall–Kier alpha value is -2.75. The Balaban J connectivity index is 1.35. The van der Waals surface area contributed by atoms with Gasteiger partial charge in [-0.3, -0.25) is 14.5 Å². The molecule has 1 saturated heterocycles. The number of carbonyl (C=O) groups is 3. The number of urea groups is 1. The summed E-state index contributed by atoms with van der Waals surface area (Å²) in [6.45, 7) is 1.30. The minimum absolute atomic E-state index is 0.0350. The van der Waals surface area contributed by atoms with Gasteiger partial charge < -0.3 is 14.6 Å². The van der Waals surface area contributed by atoms with Crippen LogP contribution in [-0.2, 0) is 20.9 Å². The molecule has 2 atom stereocenters.